The van der Waals surface area contributed by atoms with Crippen molar-refractivity contribution in [3.63, 3.8) is 0 Å². The van der Waals surface area contributed by atoms with Crippen molar-refractivity contribution in [1.82, 2.24) is 0 Å². The van der Waals surface area contributed by atoms with E-state index in [9.17, 15) is 5.11 Å². The molecule has 0 unspecified atom stereocenters. The van der Waals surface area contributed by atoms with Gasteiger partial charge in [-0.05, 0) is 39.8 Å². The second-order valence-corrected chi connectivity index (χ2v) is 5.70. The zero-order valence-electron chi connectivity index (χ0n) is 11.4. The monoisotopic (exact) mass is 251 g/mol. The van der Waals surface area contributed by atoms with Crippen molar-refractivity contribution < 1.29 is 14.6 Å². The molecule has 18 heavy (non-hydrogen) atoms. The number of anilines is 1. The van der Waals surface area contributed by atoms with E-state index in [1.165, 1.54) is 0 Å². The van der Waals surface area contributed by atoms with E-state index in [2.05, 4.69) is 0 Å². The minimum atomic E-state index is -0.416. The molecule has 1 aliphatic heterocycles. The number of aliphatic hydroxyl groups excluding tert-OH is 1. The van der Waals surface area contributed by atoms with Crippen molar-refractivity contribution in [1.29, 1.82) is 0 Å². The first-order valence-electron chi connectivity index (χ1n) is 6.11. The first-order chi connectivity index (χ1) is 8.27. The molecule has 4 nitrogen and oxygen atoms in total. The third-order valence-electron chi connectivity index (χ3n) is 3.86. The van der Waals surface area contributed by atoms with Crippen LogP contribution in [0.5, 0.6) is 0 Å². The van der Waals surface area contributed by atoms with E-state index < -0.39 is 6.29 Å². The van der Waals surface area contributed by atoms with Gasteiger partial charge in [-0.1, -0.05) is 6.07 Å². The normalized spacial score (nSPS) is 22.3. The van der Waals surface area contributed by atoms with Gasteiger partial charge >= 0.3 is 0 Å². The summed E-state index contributed by atoms with van der Waals surface area (Å²) in [5.74, 6) is 0. The molecule has 0 amide bonds. The zero-order chi connectivity index (χ0) is 13.6. The zero-order valence-corrected chi connectivity index (χ0v) is 11.4. The molecule has 0 saturated carbocycles. The van der Waals surface area contributed by atoms with E-state index in [1.807, 2.05) is 39.8 Å². The second kappa shape index (κ2) is 4.23. The molecule has 4 heteroatoms. The van der Waals surface area contributed by atoms with Crippen molar-refractivity contribution in [3.05, 3.63) is 29.3 Å². The Kier molecular flexibility index (Phi) is 3.13. The van der Waals surface area contributed by atoms with E-state index in [-0.39, 0.29) is 17.8 Å². The van der Waals surface area contributed by atoms with E-state index in [0.29, 0.717) is 11.3 Å². The standard InChI is InChI=1S/C14H21NO3/c1-13(2)14(3,4)18-12(17-13)9-5-6-11(15)10(7-9)8-16/h5-7,12,16H,8,15H2,1-4H3. The van der Waals surface area contributed by atoms with Crippen LogP contribution in [0.3, 0.4) is 0 Å². The van der Waals surface area contributed by atoms with Gasteiger partial charge in [-0.3, -0.25) is 0 Å². The number of benzene rings is 1. The molecule has 100 valence electrons. The SMILES string of the molecule is CC1(C)OC(c2ccc(N)c(CO)c2)OC1(C)C. The average Bonchev–Trinajstić information content (AvgIpc) is 2.49. The van der Waals surface area contributed by atoms with Crippen LogP contribution in [-0.2, 0) is 16.1 Å². The molecule has 1 aromatic rings. The summed E-state index contributed by atoms with van der Waals surface area (Å²) in [5.41, 5.74) is 7.20. The molecule has 1 saturated heterocycles. The lowest BCUT2D eigenvalue weighted by molar-refractivity contribution is -0.0896. The fourth-order valence-electron chi connectivity index (χ4n) is 1.89. The highest BCUT2D eigenvalue weighted by atomic mass is 16.7. The highest BCUT2D eigenvalue weighted by Gasteiger charge is 2.49. The average molecular weight is 251 g/mol. The minimum Gasteiger partial charge on any atom is -0.398 e. The first kappa shape index (κ1) is 13.3. The largest absolute Gasteiger partial charge is 0.398 e. The lowest BCUT2D eigenvalue weighted by Gasteiger charge is -2.30. The Bertz CT molecular complexity index is 438. The number of hydrogen-bond acceptors (Lipinski definition) is 4. The van der Waals surface area contributed by atoms with Gasteiger partial charge in [-0.25, -0.2) is 0 Å². The molecule has 0 atom stereocenters. The van der Waals surface area contributed by atoms with Gasteiger partial charge in [0.05, 0.1) is 17.8 Å². The fourth-order valence-corrected chi connectivity index (χ4v) is 1.89. The molecule has 1 fully saturated rings. The summed E-state index contributed by atoms with van der Waals surface area (Å²) in [6.07, 6.45) is -0.416. The Hall–Kier alpha value is -1.10. The van der Waals surface area contributed by atoms with Crippen molar-refractivity contribution in [2.75, 3.05) is 5.73 Å². The summed E-state index contributed by atoms with van der Waals surface area (Å²) in [7, 11) is 0. The van der Waals surface area contributed by atoms with Crippen molar-refractivity contribution in [3.8, 4) is 0 Å². The summed E-state index contributed by atoms with van der Waals surface area (Å²) < 4.78 is 11.9. The van der Waals surface area contributed by atoms with Crippen molar-refractivity contribution in [2.24, 2.45) is 0 Å². The maximum absolute atomic E-state index is 9.23. The number of nitrogen functional groups attached to an aromatic ring is 1. The smallest absolute Gasteiger partial charge is 0.185 e. The number of aliphatic hydroxyl groups is 1. The summed E-state index contributed by atoms with van der Waals surface area (Å²) in [6, 6.07) is 5.47. The topological polar surface area (TPSA) is 64.7 Å². The fraction of sp³-hybridized carbons (Fsp3) is 0.571. The van der Waals surface area contributed by atoms with Crippen LogP contribution in [0, 0.1) is 0 Å². The lowest BCUT2D eigenvalue weighted by atomic mass is 9.90. The summed E-state index contributed by atoms with van der Waals surface area (Å²) in [5, 5.41) is 9.23. The van der Waals surface area contributed by atoms with E-state index in [0.717, 1.165) is 5.56 Å². The van der Waals surface area contributed by atoms with Gasteiger partial charge in [0.15, 0.2) is 6.29 Å². The Morgan fingerprint density at radius 3 is 2.22 bits per heavy atom. The highest BCUT2D eigenvalue weighted by molar-refractivity contribution is 5.48. The third kappa shape index (κ3) is 2.11. The predicted octanol–water partition coefficient (Wildman–Crippen LogP) is 2.36. The van der Waals surface area contributed by atoms with Crippen LogP contribution in [0.2, 0.25) is 0 Å². The molecule has 0 bridgehead atoms. The molecule has 0 spiro atoms. The number of nitrogens with two attached hydrogens (primary N) is 1. The van der Waals surface area contributed by atoms with Gasteiger partial charge in [0.25, 0.3) is 0 Å². The maximum atomic E-state index is 9.23. The Morgan fingerprint density at radius 1 is 1.17 bits per heavy atom. The van der Waals surface area contributed by atoms with Gasteiger partial charge in [0.2, 0.25) is 0 Å². The summed E-state index contributed by atoms with van der Waals surface area (Å²) in [6.45, 7) is 7.96. The van der Waals surface area contributed by atoms with Gasteiger partial charge in [0, 0.05) is 16.8 Å². The van der Waals surface area contributed by atoms with E-state index in [1.54, 1.807) is 6.07 Å². The highest BCUT2D eigenvalue weighted by Crippen LogP contribution is 2.44. The van der Waals surface area contributed by atoms with Gasteiger partial charge in [-0.2, -0.15) is 0 Å². The van der Waals surface area contributed by atoms with E-state index in [4.69, 9.17) is 15.2 Å². The van der Waals surface area contributed by atoms with Crippen molar-refractivity contribution in [2.45, 2.75) is 51.8 Å². The van der Waals surface area contributed by atoms with Crippen LogP contribution in [-0.4, -0.2) is 16.3 Å². The Balaban J connectivity index is 2.30. The van der Waals surface area contributed by atoms with E-state index >= 15 is 0 Å². The van der Waals surface area contributed by atoms with Gasteiger partial charge < -0.3 is 20.3 Å². The van der Waals surface area contributed by atoms with Crippen LogP contribution in [0.1, 0.15) is 45.1 Å². The molecule has 3 N–H and O–H groups in total. The summed E-state index contributed by atoms with van der Waals surface area (Å²) >= 11 is 0. The molecule has 0 radical (unpaired) electrons. The van der Waals surface area contributed by atoms with Crippen LogP contribution in [0.15, 0.2) is 18.2 Å². The minimum absolute atomic E-state index is 0.0841. The molecule has 0 aromatic heterocycles. The molecular formula is C14H21NO3. The van der Waals surface area contributed by atoms with Crippen LogP contribution in [0.4, 0.5) is 5.69 Å². The molecule has 1 aromatic carbocycles. The number of hydrogen-bond donors (Lipinski definition) is 2. The molecular weight excluding hydrogens is 230 g/mol. The van der Waals surface area contributed by atoms with Gasteiger partial charge in [-0.15, -0.1) is 0 Å². The molecule has 1 aliphatic rings. The van der Waals surface area contributed by atoms with Crippen LogP contribution in [0.25, 0.3) is 0 Å². The Labute approximate surface area is 108 Å². The second-order valence-electron chi connectivity index (χ2n) is 5.70. The molecule has 1 heterocycles. The Morgan fingerprint density at radius 2 is 1.72 bits per heavy atom. The maximum Gasteiger partial charge on any atom is 0.185 e. The van der Waals surface area contributed by atoms with Crippen molar-refractivity contribution >= 4 is 5.69 Å². The first-order valence-corrected chi connectivity index (χ1v) is 6.11. The lowest BCUT2D eigenvalue weighted by Crippen LogP contribution is -2.41. The summed E-state index contributed by atoms with van der Waals surface area (Å²) in [4.78, 5) is 0. The predicted molar refractivity (Wildman–Crippen MR) is 69.8 cm³/mol. The number of ether oxygens (including phenoxy) is 2. The number of rotatable bonds is 2. The van der Waals surface area contributed by atoms with Crippen LogP contribution >= 0.6 is 0 Å². The van der Waals surface area contributed by atoms with Gasteiger partial charge in [0.1, 0.15) is 0 Å². The molecule has 0 aliphatic carbocycles. The van der Waals surface area contributed by atoms with Crippen LogP contribution < -0.4 is 5.73 Å². The quantitative estimate of drug-likeness (QED) is 0.792. The third-order valence-corrected chi connectivity index (χ3v) is 3.86. The molecule has 2 rings (SSSR count).